The number of para-hydroxylation sites is 1. The minimum Gasteiger partial charge on any atom is -0.497 e. The highest BCUT2D eigenvalue weighted by Gasteiger charge is 2.36. The van der Waals surface area contributed by atoms with Crippen LogP contribution in [0.3, 0.4) is 0 Å². The summed E-state index contributed by atoms with van der Waals surface area (Å²) in [6.45, 7) is 6.11. The fourth-order valence-corrected chi connectivity index (χ4v) is 4.06. The zero-order chi connectivity index (χ0) is 24.3. The van der Waals surface area contributed by atoms with Gasteiger partial charge in [-0.3, -0.25) is 25.9 Å². The predicted molar refractivity (Wildman–Crippen MR) is 130 cm³/mol. The molecule has 0 radical (unpaired) electrons. The summed E-state index contributed by atoms with van der Waals surface area (Å²) in [5, 5.41) is 4.65. The number of nitrogens with one attached hydrogen (secondary N) is 3. The van der Waals surface area contributed by atoms with E-state index in [1.54, 1.807) is 31.4 Å². The Labute approximate surface area is 198 Å². The second kappa shape index (κ2) is 9.43. The van der Waals surface area contributed by atoms with Gasteiger partial charge < -0.3 is 9.15 Å². The van der Waals surface area contributed by atoms with Gasteiger partial charge in [-0.05, 0) is 55.2 Å². The SMILES string of the molecule is COc1ccc(C(=O)NNC(=O)c2oc3c(c2C)/C(=N\Nc2ccccc2)CC(C)(C)C3)cc1. The highest BCUT2D eigenvalue weighted by atomic mass is 16.5. The molecule has 34 heavy (non-hydrogen) atoms. The predicted octanol–water partition coefficient (Wildman–Crippen LogP) is 4.46. The van der Waals surface area contributed by atoms with Crippen molar-refractivity contribution >= 4 is 23.2 Å². The average Bonchev–Trinajstić information content (AvgIpc) is 3.16. The summed E-state index contributed by atoms with van der Waals surface area (Å²) in [5.74, 6) is 0.543. The number of carbonyl (C=O) groups excluding carboxylic acids is 2. The van der Waals surface area contributed by atoms with E-state index in [1.165, 1.54) is 0 Å². The number of hydrazine groups is 1. The molecule has 0 spiro atoms. The van der Waals surface area contributed by atoms with Gasteiger partial charge in [-0.2, -0.15) is 5.10 Å². The van der Waals surface area contributed by atoms with E-state index in [4.69, 9.17) is 9.15 Å². The highest BCUT2D eigenvalue weighted by Crippen LogP contribution is 2.39. The number of rotatable bonds is 5. The second-order valence-corrected chi connectivity index (χ2v) is 9.05. The Balaban J connectivity index is 1.53. The van der Waals surface area contributed by atoms with Crippen LogP contribution in [0.2, 0.25) is 0 Å². The number of methoxy groups -OCH3 is 1. The zero-order valence-corrected chi connectivity index (χ0v) is 19.7. The third-order valence-corrected chi connectivity index (χ3v) is 5.74. The molecule has 1 aliphatic rings. The maximum absolute atomic E-state index is 12.9. The Kier molecular flexibility index (Phi) is 6.40. The van der Waals surface area contributed by atoms with E-state index >= 15 is 0 Å². The van der Waals surface area contributed by atoms with Crippen LogP contribution in [0.15, 0.2) is 64.1 Å². The largest absolute Gasteiger partial charge is 0.497 e. The molecule has 8 heteroatoms. The van der Waals surface area contributed by atoms with Gasteiger partial charge in [0.2, 0.25) is 0 Å². The molecule has 0 atom stereocenters. The third kappa shape index (κ3) is 4.96. The van der Waals surface area contributed by atoms with Crippen LogP contribution in [0.4, 0.5) is 5.69 Å². The first kappa shape index (κ1) is 23.1. The van der Waals surface area contributed by atoms with E-state index in [-0.39, 0.29) is 11.2 Å². The van der Waals surface area contributed by atoms with E-state index < -0.39 is 11.8 Å². The van der Waals surface area contributed by atoms with Gasteiger partial charge in [-0.1, -0.05) is 32.0 Å². The summed E-state index contributed by atoms with van der Waals surface area (Å²) in [6.07, 6.45) is 1.41. The zero-order valence-electron chi connectivity index (χ0n) is 19.7. The number of furan rings is 1. The molecule has 1 heterocycles. The Hall–Kier alpha value is -4.07. The molecule has 2 aromatic carbocycles. The summed E-state index contributed by atoms with van der Waals surface area (Å²) in [6, 6.07) is 16.3. The van der Waals surface area contributed by atoms with Gasteiger partial charge in [0.25, 0.3) is 5.91 Å². The normalized spacial score (nSPS) is 15.4. The molecular weight excluding hydrogens is 432 g/mol. The van der Waals surface area contributed by atoms with Gasteiger partial charge in [0.05, 0.1) is 18.5 Å². The minimum atomic E-state index is -0.526. The summed E-state index contributed by atoms with van der Waals surface area (Å²) in [4.78, 5) is 25.3. The monoisotopic (exact) mass is 460 g/mol. The lowest BCUT2D eigenvalue weighted by Crippen LogP contribution is -2.41. The molecule has 3 aromatic rings. The highest BCUT2D eigenvalue weighted by molar-refractivity contribution is 6.07. The summed E-state index contributed by atoms with van der Waals surface area (Å²) < 4.78 is 11.1. The molecule has 0 saturated carbocycles. The van der Waals surface area contributed by atoms with E-state index in [9.17, 15) is 9.59 Å². The standard InChI is InChI=1S/C26H28N4O4/c1-16-22-20(28-27-18-8-6-5-7-9-18)14-26(2,3)15-21(22)34-23(16)25(32)30-29-24(31)17-10-12-19(33-4)13-11-17/h5-13,27H,14-15H2,1-4H3,(H,29,31)(H,30,32)/b28-20-. The number of hydrogen-bond acceptors (Lipinski definition) is 6. The fraction of sp³-hybridized carbons (Fsp3) is 0.269. The molecule has 4 rings (SSSR count). The van der Waals surface area contributed by atoms with Crippen molar-refractivity contribution in [3.05, 3.63) is 82.8 Å². The van der Waals surface area contributed by atoms with Crippen molar-refractivity contribution in [2.45, 2.75) is 33.6 Å². The van der Waals surface area contributed by atoms with Crippen LogP contribution in [-0.4, -0.2) is 24.6 Å². The summed E-state index contributed by atoms with van der Waals surface area (Å²) in [5.41, 5.74) is 11.5. The lowest BCUT2D eigenvalue weighted by Gasteiger charge is -2.29. The number of hydrazone groups is 1. The fourth-order valence-electron chi connectivity index (χ4n) is 4.06. The Morgan fingerprint density at radius 3 is 2.32 bits per heavy atom. The molecule has 0 aliphatic heterocycles. The molecule has 1 aliphatic carbocycles. The van der Waals surface area contributed by atoms with E-state index in [0.29, 0.717) is 29.1 Å². The van der Waals surface area contributed by atoms with Gasteiger partial charge in [0.15, 0.2) is 5.76 Å². The van der Waals surface area contributed by atoms with Crippen molar-refractivity contribution in [2.75, 3.05) is 12.5 Å². The molecule has 0 fully saturated rings. The number of anilines is 1. The van der Waals surface area contributed by atoms with E-state index in [0.717, 1.165) is 23.4 Å². The minimum absolute atomic E-state index is 0.0785. The first-order valence-corrected chi connectivity index (χ1v) is 11.0. The van der Waals surface area contributed by atoms with Gasteiger partial charge in [-0.25, -0.2) is 0 Å². The van der Waals surface area contributed by atoms with Crippen molar-refractivity contribution in [3.8, 4) is 5.75 Å². The average molecular weight is 461 g/mol. The quantitative estimate of drug-likeness (QED) is 0.488. The number of fused-ring (bicyclic) bond motifs is 1. The van der Waals surface area contributed by atoms with Crippen molar-refractivity contribution in [1.29, 1.82) is 0 Å². The lowest BCUT2D eigenvalue weighted by molar-refractivity contribution is 0.0828. The number of benzene rings is 2. The molecule has 0 saturated heterocycles. The third-order valence-electron chi connectivity index (χ3n) is 5.74. The maximum atomic E-state index is 12.9. The second-order valence-electron chi connectivity index (χ2n) is 9.05. The smallest absolute Gasteiger partial charge is 0.305 e. The van der Waals surface area contributed by atoms with Gasteiger partial charge in [-0.15, -0.1) is 0 Å². The van der Waals surface area contributed by atoms with Crippen molar-refractivity contribution < 1.29 is 18.7 Å². The van der Waals surface area contributed by atoms with Crippen LogP contribution in [0.1, 0.15) is 58.1 Å². The Morgan fingerprint density at radius 2 is 1.65 bits per heavy atom. The molecular formula is C26H28N4O4. The number of nitrogens with zero attached hydrogens (tertiary/aromatic N) is 1. The Morgan fingerprint density at radius 1 is 0.971 bits per heavy atom. The number of amides is 2. The molecule has 3 N–H and O–H groups in total. The topological polar surface area (TPSA) is 105 Å². The van der Waals surface area contributed by atoms with Crippen LogP contribution in [0.25, 0.3) is 0 Å². The van der Waals surface area contributed by atoms with Gasteiger partial charge in [0.1, 0.15) is 11.5 Å². The van der Waals surface area contributed by atoms with Crippen molar-refractivity contribution in [1.82, 2.24) is 10.9 Å². The van der Waals surface area contributed by atoms with Crippen LogP contribution in [0.5, 0.6) is 5.75 Å². The van der Waals surface area contributed by atoms with Crippen LogP contribution >= 0.6 is 0 Å². The molecule has 1 aromatic heterocycles. The van der Waals surface area contributed by atoms with Gasteiger partial charge in [0, 0.05) is 23.1 Å². The molecule has 0 bridgehead atoms. The number of carbonyl (C=O) groups is 2. The first-order chi connectivity index (χ1) is 16.3. The molecule has 8 nitrogen and oxygen atoms in total. The van der Waals surface area contributed by atoms with Crippen LogP contribution in [-0.2, 0) is 6.42 Å². The summed E-state index contributed by atoms with van der Waals surface area (Å²) in [7, 11) is 1.55. The molecule has 0 unspecified atom stereocenters. The van der Waals surface area contributed by atoms with Crippen molar-refractivity contribution in [2.24, 2.45) is 10.5 Å². The summed E-state index contributed by atoms with van der Waals surface area (Å²) >= 11 is 0. The Bertz CT molecular complexity index is 1230. The first-order valence-electron chi connectivity index (χ1n) is 11.0. The van der Waals surface area contributed by atoms with E-state index in [2.05, 4.69) is 35.2 Å². The van der Waals surface area contributed by atoms with Crippen LogP contribution in [0, 0.1) is 12.3 Å². The van der Waals surface area contributed by atoms with E-state index in [1.807, 2.05) is 37.3 Å². The number of hydrogen-bond donors (Lipinski definition) is 3. The molecule has 176 valence electrons. The van der Waals surface area contributed by atoms with Crippen LogP contribution < -0.4 is 21.0 Å². The van der Waals surface area contributed by atoms with Gasteiger partial charge >= 0.3 is 5.91 Å². The maximum Gasteiger partial charge on any atom is 0.305 e. The van der Waals surface area contributed by atoms with Crippen molar-refractivity contribution in [3.63, 3.8) is 0 Å². The lowest BCUT2D eigenvalue weighted by atomic mass is 9.75. The number of ether oxygens (including phenoxy) is 1. The molecule has 2 amide bonds.